The van der Waals surface area contributed by atoms with E-state index in [1.807, 2.05) is 25.2 Å². The van der Waals surface area contributed by atoms with E-state index in [0.29, 0.717) is 22.9 Å². The maximum Gasteiger partial charge on any atom is 0.291 e. The molecule has 1 aromatic rings. The molecule has 0 aromatic heterocycles. The molecule has 29 heavy (non-hydrogen) atoms. The zero-order chi connectivity index (χ0) is 20.5. The number of benzene rings is 1. The van der Waals surface area contributed by atoms with Crippen molar-refractivity contribution in [2.45, 2.75) is 44.4 Å². The first kappa shape index (κ1) is 19.0. The highest BCUT2D eigenvalue weighted by molar-refractivity contribution is 6.35. The Kier molecular flexibility index (Phi) is 4.28. The molecule has 3 fully saturated rings. The third kappa shape index (κ3) is 2.47. The van der Waals surface area contributed by atoms with Crippen LogP contribution in [0.3, 0.4) is 0 Å². The summed E-state index contributed by atoms with van der Waals surface area (Å²) >= 11 is 6.34. The van der Waals surface area contributed by atoms with E-state index in [4.69, 9.17) is 16.3 Å². The summed E-state index contributed by atoms with van der Waals surface area (Å²) in [5, 5.41) is 5.28. The average Bonchev–Trinajstić information content (AvgIpc) is 3.42. The number of fused-ring (bicyclic) bond motifs is 4. The van der Waals surface area contributed by atoms with Crippen molar-refractivity contribution in [3.8, 4) is 0 Å². The molecule has 5 atom stereocenters. The van der Waals surface area contributed by atoms with E-state index in [1.165, 1.54) is 4.90 Å². The topological polar surface area (TPSA) is 92.3 Å². The molecule has 0 bridgehead atoms. The molecule has 7 nitrogen and oxygen atoms in total. The second kappa shape index (κ2) is 6.52. The second-order valence-electron chi connectivity index (χ2n) is 8.90. The number of halogens is 1. The molecule has 0 aliphatic carbocycles. The van der Waals surface area contributed by atoms with Gasteiger partial charge in [0.1, 0.15) is 17.9 Å². The van der Waals surface area contributed by atoms with Crippen molar-refractivity contribution in [3.63, 3.8) is 0 Å². The number of ether oxygens (including phenoxy) is 1. The second-order valence-corrected chi connectivity index (χ2v) is 9.31. The smallest absolute Gasteiger partial charge is 0.291 e. The lowest BCUT2D eigenvalue weighted by Crippen LogP contribution is -2.99. The minimum atomic E-state index is -1.15. The lowest BCUT2D eigenvalue weighted by Gasteiger charge is -2.28. The molecule has 3 amide bonds. The first-order valence-electron chi connectivity index (χ1n) is 10.3. The fourth-order valence-electron chi connectivity index (χ4n) is 5.72. The SMILES string of the molecule is CC(C)[C@@H]1[NH2+][C@@]2(C(=O)Nc3c(Cl)cccc32)[C@H]2C(=O)N(C[C@@H]3CCCO3)C(=O)[C@@H]12. The molecule has 4 aliphatic heterocycles. The Hall–Kier alpha value is -1.96. The molecular formula is C21H25ClN3O4+. The monoisotopic (exact) mass is 418 g/mol. The standard InChI is InChI=1S/C21H24ClN3O4/c1-10(2)16-14-15(19(27)25(18(14)26)9-11-5-4-8-29-11)21(24-16)12-6-3-7-13(22)17(12)23-20(21)28/h3,6-7,10-11,14-16,24H,4-5,8-9H2,1-2H3,(H,23,28)/p+1/t11-,14+,15+,16-,21+/m0/s1. The van der Waals surface area contributed by atoms with Gasteiger partial charge in [-0.1, -0.05) is 31.5 Å². The summed E-state index contributed by atoms with van der Waals surface area (Å²) in [4.78, 5) is 41.6. The van der Waals surface area contributed by atoms with Crippen LogP contribution in [0.2, 0.25) is 5.02 Å². The number of imide groups is 1. The molecule has 154 valence electrons. The van der Waals surface area contributed by atoms with Crippen LogP contribution in [0.25, 0.3) is 0 Å². The lowest BCUT2D eigenvalue weighted by atomic mass is 9.76. The van der Waals surface area contributed by atoms with Crippen molar-refractivity contribution in [1.82, 2.24) is 4.90 Å². The van der Waals surface area contributed by atoms with Crippen molar-refractivity contribution in [2.75, 3.05) is 18.5 Å². The van der Waals surface area contributed by atoms with Gasteiger partial charge in [-0.05, 0) is 25.0 Å². The number of hydrogen-bond acceptors (Lipinski definition) is 4. The number of quaternary nitrogens is 1. The molecule has 0 unspecified atom stereocenters. The summed E-state index contributed by atoms with van der Waals surface area (Å²) < 4.78 is 5.67. The predicted molar refractivity (Wildman–Crippen MR) is 105 cm³/mol. The van der Waals surface area contributed by atoms with Crippen LogP contribution in [0.5, 0.6) is 0 Å². The fourth-order valence-corrected chi connectivity index (χ4v) is 5.94. The Labute approximate surface area is 174 Å². The molecule has 4 heterocycles. The molecule has 3 saturated heterocycles. The maximum atomic E-state index is 13.6. The van der Waals surface area contributed by atoms with E-state index >= 15 is 0 Å². The number of carbonyl (C=O) groups is 3. The number of nitrogens with one attached hydrogen (secondary N) is 1. The van der Waals surface area contributed by atoms with Gasteiger partial charge in [-0.25, -0.2) is 0 Å². The van der Waals surface area contributed by atoms with Crippen LogP contribution in [0.1, 0.15) is 32.3 Å². The number of rotatable bonds is 3. The van der Waals surface area contributed by atoms with E-state index < -0.39 is 17.4 Å². The predicted octanol–water partition coefficient (Wildman–Crippen LogP) is 0.869. The summed E-state index contributed by atoms with van der Waals surface area (Å²) in [7, 11) is 0. The number of carbonyl (C=O) groups excluding carboxylic acids is 3. The van der Waals surface area contributed by atoms with Gasteiger partial charge in [0.15, 0.2) is 0 Å². The van der Waals surface area contributed by atoms with Gasteiger partial charge in [-0.2, -0.15) is 0 Å². The van der Waals surface area contributed by atoms with Crippen molar-refractivity contribution in [1.29, 1.82) is 0 Å². The molecular weight excluding hydrogens is 394 g/mol. The van der Waals surface area contributed by atoms with Crippen molar-refractivity contribution >= 4 is 35.0 Å². The molecule has 1 spiro atoms. The first-order valence-corrected chi connectivity index (χ1v) is 10.7. The van der Waals surface area contributed by atoms with E-state index in [0.717, 1.165) is 12.8 Å². The van der Waals surface area contributed by atoms with Crippen molar-refractivity contribution in [2.24, 2.45) is 17.8 Å². The van der Waals surface area contributed by atoms with Crippen LogP contribution in [-0.2, 0) is 24.7 Å². The molecule has 5 rings (SSSR count). The summed E-state index contributed by atoms with van der Waals surface area (Å²) in [5.74, 6) is -1.84. The van der Waals surface area contributed by atoms with Gasteiger partial charge in [-0.3, -0.25) is 19.3 Å². The van der Waals surface area contributed by atoms with Crippen molar-refractivity contribution in [3.05, 3.63) is 28.8 Å². The summed E-state index contributed by atoms with van der Waals surface area (Å²) in [6, 6.07) is 5.19. The van der Waals surface area contributed by atoms with Crippen LogP contribution >= 0.6 is 11.6 Å². The number of nitrogens with two attached hydrogens (primary N) is 1. The van der Waals surface area contributed by atoms with Gasteiger partial charge in [0.05, 0.1) is 23.4 Å². The number of nitrogens with zero attached hydrogens (tertiary/aromatic N) is 1. The van der Waals surface area contributed by atoms with Crippen LogP contribution in [-0.4, -0.2) is 47.9 Å². The molecule has 3 N–H and O–H groups in total. The quantitative estimate of drug-likeness (QED) is 0.712. The Morgan fingerprint density at radius 2 is 2.10 bits per heavy atom. The van der Waals surface area contributed by atoms with E-state index in [-0.39, 0.29) is 42.3 Å². The van der Waals surface area contributed by atoms with E-state index in [9.17, 15) is 14.4 Å². The highest BCUT2D eigenvalue weighted by atomic mass is 35.5. The number of hydrogen-bond donors (Lipinski definition) is 2. The molecule has 0 saturated carbocycles. The van der Waals surface area contributed by atoms with Gasteiger partial charge in [0, 0.05) is 18.1 Å². The van der Waals surface area contributed by atoms with Gasteiger partial charge in [0.25, 0.3) is 5.91 Å². The molecule has 1 aromatic carbocycles. The zero-order valence-electron chi connectivity index (χ0n) is 16.5. The minimum Gasteiger partial charge on any atom is -0.376 e. The zero-order valence-corrected chi connectivity index (χ0v) is 17.2. The maximum absolute atomic E-state index is 13.6. The van der Waals surface area contributed by atoms with Crippen molar-refractivity contribution < 1.29 is 24.4 Å². The normalized spacial score (nSPS) is 35.7. The summed E-state index contributed by atoms with van der Waals surface area (Å²) in [6.07, 6.45) is 1.67. The third-order valence-corrected chi connectivity index (χ3v) is 7.37. The Bertz CT molecular complexity index is 913. The highest BCUT2D eigenvalue weighted by Gasteiger charge is 2.74. The van der Waals surface area contributed by atoms with E-state index in [2.05, 4.69) is 5.32 Å². The first-order chi connectivity index (χ1) is 13.9. The minimum absolute atomic E-state index is 0.113. The average molecular weight is 419 g/mol. The Morgan fingerprint density at radius 3 is 2.79 bits per heavy atom. The summed E-state index contributed by atoms with van der Waals surface area (Å²) in [6.45, 7) is 5.00. The molecule has 0 radical (unpaired) electrons. The van der Waals surface area contributed by atoms with Crippen LogP contribution < -0.4 is 10.6 Å². The van der Waals surface area contributed by atoms with Crippen LogP contribution in [0, 0.1) is 17.8 Å². The van der Waals surface area contributed by atoms with Gasteiger partial charge >= 0.3 is 0 Å². The number of likely N-dealkylation sites (tertiary alicyclic amines) is 1. The molecule has 4 aliphatic rings. The Balaban J connectivity index is 1.61. The van der Waals surface area contributed by atoms with Crippen LogP contribution in [0.15, 0.2) is 18.2 Å². The van der Waals surface area contributed by atoms with E-state index in [1.54, 1.807) is 12.1 Å². The number of para-hydroxylation sites is 1. The number of amides is 3. The number of anilines is 1. The van der Waals surface area contributed by atoms with Gasteiger partial charge in [-0.15, -0.1) is 0 Å². The third-order valence-electron chi connectivity index (χ3n) is 7.06. The molecule has 8 heteroatoms. The largest absolute Gasteiger partial charge is 0.376 e. The Morgan fingerprint density at radius 1 is 1.31 bits per heavy atom. The summed E-state index contributed by atoms with van der Waals surface area (Å²) in [5.41, 5.74) is 0.0994. The lowest BCUT2D eigenvalue weighted by molar-refractivity contribution is -0.738. The van der Waals surface area contributed by atoms with Gasteiger partial charge < -0.3 is 15.4 Å². The van der Waals surface area contributed by atoms with Gasteiger partial charge in [0.2, 0.25) is 17.4 Å². The fraction of sp³-hybridized carbons (Fsp3) is 0.571. The van der Waals surface area contributed by atoms with Crippen LogP contribution in [0.4, 0.5) is 5.69 Å². The highest BCUT2D eigenvalue weighted by Crippen LogP contribution is 2.51.